The maximum Gasteiger partial charge on any atom is 0.217 e. The normalized spacial score (nSPS) is 11.5. The monoisotopic (exact) mass is 250 g/mol. The highest BCUT2D eigenvalue weighted by atomic mass is 16.5. The summed E-state index contributed by atoms with van der Waals surface area (Å²) in [6.45, 7) is 3.21. The van der Waals surface area contributed by atoms with Crippen LogP contribution in [-0.4, -0.2) is 25.5 Å². The summed E-state index contributed by atoms with van der Waals surface area (Å²) in [6.07, 6.45) is 0. The number of amides is 2. The van der Waals surface area contributed by atoms with Crippen molar-refractivity contribution in [3.8, 4) is 5.75 Å². The molecule has 1 atom stereocenters. The Labute approximate surface area is 107 Å². The SMILES string of the molecule is COc1ccccc1[C@@H](CNC(C)=O)NC(C)=O. The molecule has 0 aliphatic rings. The van der Waals surface area contributed by atoms with Crippen LogP contribution in [0.3, 0.4) is 0 Å². The van der Waals surface area contributed by atoms with Crippen molar-refractivity contribution in [2.75, 3.05) is 13.7 Å². The predicted molar refractivity (Wildman–Crippen MR) is 68.2 cm³/mol. The van der Waals surface area contributed by atoms with Crippen molar-refractivity contribution in [1.82, 2.24) is 10.6 Å². The number of hydrogen-bond acceptors (Lipinski definition) is 3. The van der Waals surface area contributed by atoms with Crippen molar-refractivity contribution in [3.63, 3.8) is 0 Å². The van der Waals surface area contributed by atoms with E-state index in [1.165, 1.54) is 13.8 Å². The van der Waals surface area contributed by atoms with Gasteiger partial charge >= 0.3 is 0 Å². The number of hydrogen-bond donors (Lipinski definition) is 2. The maximum absolute atomic E-state index is 11.2. The number of nitrogens with one attached hydrogen (secondary N) is 2. The molecule has 0 unspecified atom stereocenters. The smallest absolute Gasteiger partial charge is 0.217 e. The molecule has 5 nitrogen and oxygen atoms in total. The van der Waals surface area contributed by atoms with E-state index < -0.39 is 0 Å². The highest BCUT2D eigenvalue weighted by Gasteiger charge is 2.16. The lowest BCUT2D eigenvalue weighted by atomic mass is 10.1. The van der Waals surface area contributed by atoms with Crippen molar-refractivity contribution < 1.29 is 14.3 Å². The van der Waals surface area contributed by atoms with Gasteiger partial charge in [0.05, 0.1) is 13.2 Å². The number of ether oxygens (including phenoxy) is 1. The van der Waals surface area contributed by atoms with E-state index in [-0.39, 0.29) is 17.9 Å². The van der Waals surface area contributed by atoms with Gasteiger partial charge in [-0.05, 0) is 6.07 Å². The highest BCUT2D eigenvalue weighted by Crippen LogP contribution is 2.24. The van der Waals surface area contributed by atoms with Crippen molar-refractivity contribution in [2.24, 2.45) is 0 Å². The standard InChI is InChI=1S/C13H18N2O3/c1-9(16)14-8-12(15-10(2)17)11-6-4-5-7-13(11)18-3/h4-7,12H,8H2,1-3H3,(H,14,16)(H,15,17)/t12-/m1/s1. The van der Waals surface area contributed by atoms with E-state index in [4.69, 9.17) is 4.74 Å². The third-order valence-corrected chi connectivity index (χ3v) is 2.45. The second-order valence-corrected chi connectivity index (χ2v) is 3.93. The van der Waals surface area contributed by atoms with Crippen LogP contribution in [-0.2, 0) is 9.59 Å². The lowest BCUT2D eigenvalue weighted by molar-refractivity contribution is -0.121. The Bertz CT molecular complexity index is 432. The first-order valence-corrected chi connectivity index (χ1v) is 5.69. The van der Waals surface area contributed by atoms with Crippen molar-refractivity contribution in [3.05, 3.63) is 29.8 Å². The van der Waals surface area contributed by atoms with Crippen LogP contribution in [0.4, 0.5) is 0 Å². The van der Waals surface area contributed by atoms with Crippen LogP contribution in [0.2, 0.25) is 0 Å². The van der Waals surface area contributed by atoms with Crippen LogP contribution >= 0.6 is 0 Å². The van der Waals surface area contributed by atoms with Gasteiger partial charge in [-0.15, -0.1) is 0 Å². The molecule has 1 aromatic rings. The predicted octanol–water partition coefficient (Wildman–Crippen LogP) is 1.01. The number of benzene rings is 1. The Hall–Kier alpha value is -2.04. The fraction of sp³-hybridized carbons (Fsp3) is 0.385. The van der Waals surface area contributed by atoms with Crippen LogP contribution in [0.5, 0.6) is 5.75 Å². The van der Waals surface area contributed by atoms with Crippen molar-refractivity contribution >= 4 is 11.8 Å². The summed E-state index contributed by atoms with van der Waals surface area (Å²) in [5.74, 6) is 0.387. The third kappa shape index (κ3) is 4.08. The zero-order chi connectivity index (χ0) is 13.5. The van der Waals surface area contributed by atoms with Crippen LogP contribution in [0, 0.1) is 0 Å². The van der Waals surface area contributed by atoms with Crippen LogP contribution in [0.25, 0.3) is 0 Å². The fourth-order valence-electron chi connectivity index (χ4n) is 1.68. The summed E-state index contributed by atoms with van der Waals surface area (Å²) < 4.78 is 5.25. The first-order valence-electron chi connectivity index (χ1n) is 5.69. The lowest BCUT2D eigenvalue weighted by Gasteiger charge is -2.20. The van der Waals surface area contributed by atoms with Gasteiger partial charge in [0.15, 0.2) is 0 Å². The molecule has 0 fully saturated rings. The van der Waals surface area contributed by atoms with Crippen LogP contribution < -0.4 is 15.4 Å². The van der Waals surface area contributed by atoms with Crippen LogP contribution in [0.1, 0.15) is 25.5 Å². The summed E-state index contributed by atoms with van der Waals surface area (Å²) in [4.78, 5) is 22.2. The molecule has 0 bridgehead atoms. The molecular formula is C13H18N2O3. The maximum atomic E-state index is 11.2. The Kier molecular flexibility index (Phi) is 5.17. The molecule has 18 heavy (non-hydrogen) atoms. The Morgan fingerprint density at radius 3 is 2.44 bits per heavy atom. The quantitative estimate of drug-likeness (QED) is 0.819. The van der Waals surface area contributed by atoms with Gasteiger partial charge in [0, 0.05) is 26.0 Å². The molecule has 0 radical (unpaired) electrons. The van der Waals surface area contributed by atoms with Gasteiger partial charge < -0.3 is 15.4 Å². The van der Waals surface area contributed by atoms with E-state index in [2.05, 4.69) is 10.6 Å². The Morgan fingerprint density at radius 1 is 1.22 bits per heavy atom. The minimum absolute atomic E-state index is 0.139. The Morgan fingerprint density at radius 2 is 1.89 bits per heavy atom. The molecule has 98 valence electrons. The first kappa shape index (κ1) is 14.0. The van der Waals surface area contributed by atoms with E-state index in [1.54, 1.807) is 7.11 Å². The second-order valence-electron chi connectivity index (χ2n) is 3.93. The fourth-order valence-corrected chi connectivity index (χ4v) is 1.68. The summed E-state index contributed by atoms with van der Waals surface area (Å²) in [5, 5.41) is 5.48. The van der Waals surface area contributed by atoms with Crippen LogP contribution in [0.15, 0.2) is 24.3 Å². The van der Waals surface area contributed by atoms with Gasteiger partial charge in [-0.1, -0.05) is 18.2 Å². The molecule has 0 aromatic heterocycles. The molecule has 0 saturated carbocycles. The van der Waals surface area contributed by atoms with Gasteiger partial charge in [0.1, 0.15) is 5.75 Å². The van der Waals surface area contributed by atoms with Gasteiger partial charge in [0.25, 0.3) is 0 Å². The lowest BCUT2D eigenvalue weighted by Crippen LogP contribution is -2.36. The van der Waals surface area contributed by atoms with Gasteiger partial charge in [-0.25, -0.2) is 0 Å². The van der Waals surface area contributed by atoms with Crippen molar-refractivity contribution in [2.45, 2.75) is 19.9 Å². The molecule has 1 rings (SSSR count). The van der Waals surface area contributed by atoms with E-state index in [1.807, 2.05) is 24.3 Å². The van der Waals surface area contributed by atoms with Crippen molar-refractivity contribution in [1.29, 1.82) is 0 Å². The molecule has 2 N–H and O–H groups in total. The molecular weight excluding hydrogens is 232 g/mol. The molecule has 5 heteroatoms. The summed E-state index contributed by atoms with van der Waals surface area (Å²) in [7, 11) is 1.57. The topological polar surface area (TPSA) is 67.4 Å². The van der Waals surface area contributed by atoms with E-state index >= 15 is 0 Å². The largest absolute Gasteiger partial charge is 0.496 e. The summed E-state index contributed by atoms with van der Waals surface area (Å²) in [6, 6.07) is 7.09. The zero-order valence-corrected chi connectivity index (χ0v) is 10.8. The summed E-state index contributed by atoms with van der Waals surface area (Å²) >= 11 is 0. The zero-order valence-electron chi connectivity index (χ0n) is 10.8. The van der Waals surface area contributed by atoms with Gasteiger partial charge in [0.2, 0.25) is 11.8 Å². The van der Waals surface area contributed by atoms with Gasteiger partial charge in [-0.3, -0.25) is 9.59 Å². The number of para-hydroxylation sites is 1. The van der Waals surface area contributed by atoms with Gasteiger partial charge in [-0.2, -0.15) is 0 Å². The van der Waals surface area contributed by atoms with E-state index in [0.29, 0.717) is 12.3 Å². The third-order valence-electron chi connectivity index (χ3n) is 2.45. The highest BCUT2D eigenvalue weighted by molar-refractivity contribution is 5.74. The molecule has 1 aromatic carbocycles. The molecule has 2 amide bonds. The summed E-state index contributed by atoms with van der Waals surface area (Å²) in [5.41, 5.74) is 0.837. The molecule has 0 aliphatic heterocycles. The minimum Gasteiger partial charge on any atom is -0.496 e. The minimum atomic E-state index is -0.303. The number of rotatable bonds is 5. The number of methoxy groups -OCH3 is 1. The average Bonchev–Trinajstić information content (AvgIpc) is 2.33. The number of carbonyl (C=O) groups is 2. The van der Waals surface area contributed by atoms with E-state index in [9.17, 15) is 9.59 Å². The average molecular weight is 250 g/mol. The van der Waals surface area contributed by atoms with E-state index in [0.717, 1.165) is 5.56 Å². The molecule has 0 heterocycles. The molecule has 0 spiro atoms. The molecule has 0 aliphatic carbocycles. The molecule has 0 saturated heterocycles. The second kappa shape index (κ2) is 6.64. The number of carbonyl (C=O) groups excluding carboxylic acids is 2. The Balaban J connectivity index is 2.92. The first-order chi connectivity index (χ1) is 8.54.